The fourth-order valence-corrected chi connectivity index (χ4v) is 5.85. The summed E-state index contributed by atoms with van der Waals surface area (Å²) in [5, 5.41) is 10.4. The summed E-state index contributed by atoms with van der Waals surface area (Å²) in [6, 6.07) is 27.4. The van der Waals surface area contributed by atoms with Crippen LogP contribution in [0.15, 0.2) is 78.9 Å². The molecule has 33 heavy (non-hydrogen) atoms. The molecule has 5 heteroatoms. The van der Waals surface area contributed by atoms with Crippen molar-refractivity contribution in [3.63, 3.8) is 0 Å². The second kappa shape index (κ2) is 9.18. The van der Waals surface area contributed by atoms with Gasteiger partial charge in [-0.2, -0.15) is 0 Å². The van der Waals surface area contributed by atoms with Crippen LogP contribution in [0.2, 0.25) is 0 Å². The molecule has 0 bridgehead atoms. The lowest BCUT2D eigenvalue weighted by molar-refractivity contribution is -0.197. The minimum atomic E-state index is 0.0245. The van der Waals surface area contributed by atoms with Gasteiger partial charge in [0.05, 0.1) is 26.4 Å². The van der Waals surface area contributed by atoms with Gasteiger partial charge in [-0.3, -0.25) is 9.80 Å². The van der Waals surface area contributed by atoms with Crippen molar-refractivity contribution in [3.05, 3.63) is 95.6 Å². The standard InChI is InChI=1S/C28H32N2O3/c1-32-24-12-6-8-21(14-24)16-29-19-28(20-29)27(23-10-4-3-5-11-23)26(18-31)30(28)17-22-9-7-13-25(15-22)33-2/h3-15,26-27,31H,16-20H2,1-2H3/t26-,27-/m1/s1. The van der Waals surface area contributed by atoms with Crippen LogP contribution in [0.5, 0.6) is 11.5 Å². The molecule has 2 heterocycles. The molecular formula is C28H32N2O3. The van der Waals surface area contributed by atoms with Gasteiger partial charge >= 0.3 is 0 Å². The molecule has 0 saturated carbocycles. The molecule has 1 N–H and O–H groups in total. The monoisotopic (exact) mass is 444 g/mol. The highest BCUT2D eigenvalue weighted by atomic mass is 16.5. The Balaban J connectivity index is 1.39. The number of likely N-dealkylation sites (tertiary alicyclic amines) is 2. The summed E-state index contributed by atoms with van der Waals surface area (Å²) >= 11 is 0. The van der Waals surface area contributed by atoms with Gasteiger partial charge in [-0.1, -0.05) is 54.6 Å². The largest absolute Gasteiger partial charge is 0.497 e. The molecule has 0 amide bonds. The van der Waals surface area contributed by atoms with Crippen LogP contribution >= 0.6 is 0 Å². The fourth-order valence-electron chi connectivity index (χ4n) is 5.85. The Labute approximate surface area is 196 Å². The quantitative estimate of drug-likeness (QED) is 0.571. The van der Waals surface area contributed by atoms with Crippen LogP contribution in [0.25, 0.3) is 0 Å². The Kier molecular flexibility index (Phi) is 6.11. The van der Waals surface area contributed by atoms with E-state index >= 15 is 0 Å². The zero-order valence-corrected chi connectivity index (χ0v) is 19.4. The first-order valence-electron chi connectivity index (χ1n) is 11.6. The Morgan fingerprint density at radius 3 is 2.00 bits per heavy atom. The van der Waals surface area contributed by atoms with E-state index in [4.69, 9.17) is 9.47 Å². The third kappa shape index (κ3) is 4.01. The maximum absolute atomic E-state index is 10.4. The normalized spacial score (nSPS) is 21.9. The molecular weight excluding hydrogens is 412 g/mol. The summed E-state index contributed by atoms with van der Waals surface area (Å²) in [5.41, 5.74) is 3.82. The third-order valence-corrected chi connectivity index (χ3v) is 7.30. The SMILES string of the molecule is COc1cccc(CN2CC3(C2)[C@H](c2ccccc2)[C@@H](CO)N3Cc2cccc(OC)c2)c1. The maximum atomic E-state index is 10.4. The molecule has 2 saturated heterocycles. The third-order valence-electron chi connectivity index (χ3n) is 7.30. The zero-order valence-electron chi connectivity index (χ0n) is 19.4. The van der Waals surface area contributed by atoms with Gasteiger partial charge in [0.25, 0.3) is 0 Å². The molecule has 1 spiro atoms. The highest BCUT2D eigenvalue weighted by Crippen LogP contribution is 2.54. The number of rotatable bonds is 8. The second-order valence-corrected chi connectivity index (χ2v) is 9.22. The topological polar surface area (TPSA) is 45.2 Å². The van der Waals surface area contributed by atoms with Crippen molar-refractivity contribution in [1.29, 1.82) is 0 Å². The van der Waals surface area contributed by atoms with E-state index in [-0.39, 0.29) is 18.2 Å². The van der Waals surface area contributed by atoms with Gasteiger partial charge in [0.2, 0.25) is 0 Å². The van der Waals surface area contributed by atoms with E-state index in [0.29, 0.717) is 5.92 Å². The maximum Gasteiger partial charge on any atom is 0.119 e. The van der Waals surface area contributed by atoms with E-state index in [1.165, 1.54) is 16.7 Å². The van der Waals surface area contributed by atoms with E-state index in [1.54, 1.807) is 14.2 Å². The first kappa shape index (κ1) is 22.0. The lowest BCUT2D eigenvalue weighted by Gasteiger charge is -2.71. The van der Waals surface area contributed by atoms with Crippen LogP contribution in [-0.4, -0.2) is 60.4 Å². The fraction of sp³-hybridized carbons (Fsp3) is 0.357. The van der Waals surface area contributed by atoms with Crippen LogP contribution in [0, 0.1) is 0 Å². The number of nitrogens with zero attached hydrogens (tertiary/aromatic N) is 2. The van der Waals surface area contributed by atoms with E-state index < -0.39 is 0 Å². The second-order valence-electron chi connectivity index (χ2n) is 9.22. The minimum Gasteiger partial charge on any atom is -0.497 e. The summed E-state index contributed by atoms with van der Waals surface area (Å²) < 4.78 is 10.8. The Morgan fingerprint density at radius 2 is 1.42 bits per heavy atom. The number of benzene rings is 3. The van der Waals surface area contributed by atoms with Gasteiger partial charge in [0, 0.05) is 38.1 Å². The molecule has 5 rings (SSSR count). The molecule has 2 fully saturated rings. The van der Waals surface area contributed by atoms with Crippen molar-refractivity contribution in [2.45, 2.75) is 30.6 Å². The summed E-state index contributed by atoms with van der Waals surface area (Å²) in [5.74, 6) is 2.08. The summed E-state index contributed by atoms with van der Waals surface area (Å²) in [4.78, 5) is 5.01. The number of ether oxygens (including phenoxy) is 2. The van der Waals surface area contributed by atoms with Crippen molar-refractivity contribution < 1.29 is 14.6 Å². The van der Waals surface area contributed by atoms with Crippen molar-refractivity contribution in [2.24, 2.45) is 0 Å². The van der Waals surface area contributed by atoms with Crippen LogP contribution in [0.1, 0.15) is 22.6 Å². The van der Waals surface area contributed by atoms with Crippen molar-refractivity contribution in [2.75, 3.05) is 33.9 Å². The van der Waals surface area contributed by atoms with Crippen LogP contribution in [0.4, 0.5) is 0 Å². The van der Waals surface area contributed by atoms with Gasteiger partial charge in [0.15, 0.2) is 0 Å². The van der Waals surface area contributed by atoms with Crippen molar-refractivity contribution in [1.82, 2.24) is 9.80 Å². The van der Waals surface area contributed by atoms with Gasteiger partial charge in [0.1, 0.15) is 11.5 Å². The molecule has 172 valence electrons. The van der Waals surface area contributed by atoms with Crippen molar-refractivity contribution in [3.8, 4) is 11.5 Å². The number of hydrogen-bond acceptors (Lipinski definition) is 5. The van der Waals surface area contributed by atoms with Gasteiger partial charge in [-0.15, -0.1) is 0 Å². The van der Waals surface area contributed by atoms with E-state index in [0.717, 1.165) is 37.7 Å². The summed E-state index contributed by atoms with van der Waals surface area (Å²) in [7, 11) is 3.41. The average molecular weight is 445 g/mol. The summed E-state index contributed by atoms with van der Waals surface area (Å²) in [6.45, 7) is 3.81. The predicted molar refractivity (Wildman–Crippen MR) is 130 cm³/mol. The first-order valence-corrected chi connectivity index (χ1v) is 11.6. The molecule has 2 aliphatic rings. The lowest BCUT2D eigenvalue weighted by Crippen LogP contribution is -2.83. The Hall–Kier alpha value is -2.86. The molecule has 0 radical (unpaired) electrons. The number of aliphatic hydroxyl groups excluding tert-OH is 1. The molecule has 3 aromatic carbocycles. The Bertz CT molecular complexity index is 1080. The van der Waals surface area contributed by atoms with Gasteiger partial charge in [-0.25, -0.2) is 0 Å². The smallest absolute Gasteiger partial charge is 0.119 e. The lowest BCUT2D eigenvalue weighted by atomic mass is 9.60. The van der Waals surface area contributed by atoms with E-state index in [2.05, 4.69) is 70.5 Å². The molecule has 5 nitrogen and oxygen atoms in total. The van der Waals surface area contributed by atoms with Crippen LogP contribution in [-0.2, 0) is 13.1 Å². The van der Waals surface area contributed by atoms with Gasteiger partial charge < -0.3 is 14.6 Å². The molecule has 0 aliphatic carbocycles. The highest BCUT2D eigenvalue weighted by Gasteiger charge is 2.65. The van der Waals surface area contributed by atoms with Crippen LogP contribution in [0.3, 0.4) is 0 Å². The molecule has 2 aliphatic heterocycles. The Morgan fingerprint density at radius 1 is 0.818 bits per heavy atom. The zero-order chi connectivity index (χ0) is 22.8. The van der Waals surface area contributed by atoms with E-state index in [9.17, 15) is 5.11 Å². The number of hydrogen-bond donors (Lipinski definition) is 1. The summed E-state index contributed by atoms with van der Waals surface area (Å²) in [6.07, 6.45) is 0. The predicted octanol–water partition coefficient (Wildman–Crippen LogP) is 3.92. The van der Waals surface area contributed by atoms with Crippen molar-refractivity contribution >= 4 is 0 Å². The molecule has 3 aromatic rings. The molecule has 0 unspecified atom stereocenters. The first-order chi connectivity index (χ1) is 16.2. The average Bonchev–Trinajstić information content (AvgIpc) is 2.84. The highest BCUT2D eigenvalue weighted by molar-refractivity contribution is 5.38. The number of methoxy groups -OCH3 is 2. The molecule has 0 aromatic heterocycles. The van der Waals surface area contributed by atoms with E-state index in [1.807, 2.05) is 18.2 Å². The molecule has 2 atom stereocenters. The minimum absolute atomic E-state index is 0.0245. The number of aliphatic hydroxyl groups is 1. The van der Waals surface area contributed by atoms with Crippen LogP contribution < -0.4 is 9.47 Å². The van der Waals surface area contributed by atoms with Gasteiger partial charge in [-0.05, 0) is 41.0 Å².